The van der Waals surface area contributed by atoms with Gasteiger partial charge in [0.2, 0.25) is 0 Å². The smallest absolute Gasteiger partial charge is 0.308 e. The van der Waals surface area contributed by atoms with Gasteiger partial charge in [-0.3, -0.25) is 4.79 Å². The molecule has 1 aliphatic carbocycles. The summed E-state index contributed by atoms with van der Waals surface area (Å²) in [5, 5.41) is 13.6. The fourth-order valence-corrected chi connectivity index (χ4v) is 3.69. The van der Waals surface area contributed by atoms with Crippen molar-refractivity contribution in [3.8, 4) is 11.4 Å². The summed E-state index contributed by atoms with van der Waals surface area (Å²) in [4.78, 5) is 27.1. The number of H-pyrrole nitrogens is 1. The van der Waals surface area contributed by atoms with Crippen LogP contribution in [0.2, 0.25) is 5.02 Å². The highest BCUT2D eigenvalue weighted by Gasteiger charge is 2.31. The Morgan fingerprint density at radius 2 is 2.11 bits per heavy atom. The Bertz CT molecular complexity index is 1010. The minimum absolute atomic E-state index is 0.00230. The number of hydrogen-bond acceptors (Lipinski definition) is 5. The second-order valence-corrected chi connectivity index (χ2v) is 7.06. The number of aromatic nitrogens is 4. The molecule has 0 amide bonds. The number of halogens is 2. The summed E-state index contributed by atoms with van der Waals surface area (Å²) in [6.07, 6.45) is 7.27. The number of hydrogen-bond donors (Lipinski definition) is 3. The lowest BCUT2D eigenvalue weighted by Crippen LogP contribution is -2.37. The third-order valence-corrected chi connectivity index (χ3v) is 5.09. The first-order valence-electron chi connectivity index (χ1n) is 8.68. The lowest BCUT2D eigenvalue weighted by molar-refractivity contribution is -0.143. The van der Waals surface area contributed by atoms with Crippen molar-refractivity contribution in [1.82, 2.24) is 19.9 Å². The molecule has 1 fully saturated rings. The Balaban J connectivity index is 1.69. The van der Waals surface area contributed by atoms with E-state index in [1.54, 1.807) is 12.3 Å². The average molecular weight is 390 g/mol. The van der Waals surface area contributed by atoms with Gasteiger partial charge >= 0.3 is 5.97 Å². The van der Waals surface area contributed by atoms with Crippen LogP contribution in [0.1, 0.15) is 25.7 Å². The Morgan fingerprint density at radius 3 is 2.93 bits per heavy atom. The highest BCUT2D eigenvalue weighted by atomic mass is 35.5. The second kappa shape index (κ2) is 7.11. The van der Waals surface area contributed by atoms with Gasteiger partial charge in [-0.1, -0.05) is 24.4 Å². The van der Waals surface area contributed by atoms with E-state index in [-0.39, 0.29) is 11.9 Å². The van der Waals surface area contributed by atoms with Crippen LogP contribution >= 0.6 is 11.6 Å². The predicted octanol–water partition coefficient (Wildman–Crippen LogP) is 3.87. The first kappa shape index (κ1) is 17.7. The van der Waals surface area contributed by atoms with Crippen LogP contribution in [0.5, 0.6) is 0 Å². The minimum Gasteiger partial charge on any atom is -0.481 e. The summed E-state index contributed by atoms with van der Waals surface area (Å²) in [6.45, 7) is 0. The molecule has 1 aliphatic rings. The molecule has 9 heteroatoms. The zero-order chi connectivity index (χ0) is 19.0. The van der Waals surface area contributed by atoms with Crippen molar-refractivity contribution in [3.05, 3.63) is 35.5 Å². The summed E-state index contributed by atoms with van der Waals surface area (Å²) in [7, 11) is 0. The first-order chi connectivity index (χ1) is 13.0. The number of nitrogens with one attached hydrogen (secondary N) is 2. The van der Waals surface area contributed by atoms with E-state index >= 15 is 0 Å². The molecular formula is C18H17ClFN5O2. The molecule has 7 nitrogen and oxygen atoms in total. The number of carboxylic acid groups (broad SMARTS) is 1. The maximum absolute atomic E-state index is 14.3. The summed E-state index contributed by atoms with van der Waals surface area (Å²) in [5.41, 5.74) is 1.26. The van der Waals surface area contributed by atoms with E-state index in [1.165, 1.54) is 6.20 Å². The van der Waals surface area contributed by atoms with Crippen molar-refractivity contribution in [2.24, 2.45) is 5.92 Å². The molecule has 0 aromatic carbocycles. The van der Waals surface area contributed by atoms with Crippen LogP contribution in [0.3, 0.4) is 0 Å². The lowest BCUT2D eigenvalue weighted by Gasteiger charge is -2.29. The van der Waals surface area contributed by atoms with Gasteiger partial charge in [-0.2, -0.15) is 0 Å². The van der Waals surface area contributed by atoms with Gasteiger partial charge in [-0.25, -0.2) is 19.3 Å². The molecule has 3 aromatic heterocycles. The SMILES string of the molecule is O=C(O)[C@H]1CCCC[C@H]1Nc1nc(-c2c[nH]c3ncc(Cl)cc23)ncc1F. The summed E-state index contributed by atoms with van der Waals surface area (Å²) in [6, 6.07) is 1.37. The Kier molecular flexibility index (Phi) is 4.65. The number of aliphatic carboxylic acids is 1. The van der Waals surface area contributed by atoms with E-state index in [4.69, 9.17) is 11.6 Å². The molecule has 4 rings (SSSR count). The monoisotopic (exact) mass is 389 g/mol. The number of nitrogens with zero attached hydrogens (tertiary/aromatic N) is 3. The highest BCUT2D eigenvalue weighted by Crippen LogP contribution is 2.30. The highest BCUT2D eigenvalue weighted by molar-refractivity contribution is 6.31. The van der Waals surface area contributed by atoms with Gasteiger partial charge in [-0.05, 0) is 18.9 Å². The normalized spacial score (nSPS) is 19.9. The molecular weight excluding hydrogens is 373 g/mol. The second-order valence-electron chi connectivity index (χ2n) is 6.62. The lowest BCUT2D eigenvalue weighted by atomic mass is 9.84. The van der Waals surface area contributed by atoms with Gasteiger partial charge in [-0.15, -0.1) is 0 Å². The van der Waals surface area contributed by atoms with Gasteiger partial charge in [0, 0.05) is 29.4 Å². The third kappa shape index (κ3) is 3.44. The van der Waals surface area contributed by atoms with Gasteiger partial charge in [0.15, 0.2) is 17.5 Å². The number of carbonyl (C=O) groups is 1. The van der Waals surface area contributed by atoms with Crippen molar-refractivity contribution < 1.29 is 14.3 Å². The maximum atomic E-state index is 14.3. The molecule has 2 atom stereocenters. The van der Waals surface area contributed by atoms with Crippen molar-refractivity contribution in [1.29, 1.82) is 0 Å². The average Bonchev–Trinajstić information content (AvgIpc) is 3.07. The standard InChI is InChI=1S/C18H17ClFN5O2/c19-9-5-11-12(7-22-15(11)21-6-9)16-23-8-13(20)17(25-16)24-14-4-2-1-3-10(14)18(26)27/h5-8,10,14H,1-4H2,(H,21,22)(H,26,27)(H,23,24,25)/t10-,14+/m0/s1. The number of fused-ring (bicyclic) bond motifs is 1. The molecule has 0 radical (unpaired) electrons. The molecule has 0 unspecified atom stereocenters. The van der Waals surface area contributed by atoms with Crippen LogP contribution in [-0.2, 0) is 4.79 Å². The first-order valence-corrected chi connectivity index (χ1v) is 9.05. The zero-order valence-corrected chi connectivity index (χ0v) is 15.0. The Morgan fingerprint density at radius 1 is 1.30 bits per heavy atom. The molecule has 0 bridgehead atoms. The molecule has 0 aliphatic heterocycles. The molecule has 27 heavy (non-hydrogen) atoms. The van der Waals surface area contributed by atoms with Crippen molar-refractivity contribution in [2.45, 2.75) is 31.7 Å². The minimum atomic E-state index is -0.876. The van der Waals surface area contributed by atoms with Crippen LogP contribution in [0.25, 0.3) is 22.4 Å². The number of anilines is 1. The molecule has 3 aromatic rings. The fourth-order valence-electron chi connectivity index (χ4n) is 3.54. The Labute approximate surface area is 159 Å². The van der Waals surface area contributed by atoms with E-state index in [2.05, 4.69) is 25.3 Å². The van der Waals surface area contributed by atoms with Crippen molar-refractivity contribution in [2.75, 3.05) is 5.32 Å². The van der Waals surface area contributed by atoms with Crippen LogP contribution in [0, 0.1) is 11.7 Å². The summed E-state index contributed by atoms with van der Waals surface area (Å²) in [5.74, 6) is -1.75. The third-order valence-electron chi connectivity index (χ3n) is 4.89. The zero-order valence-electron chi connectivity index (χ0n) is 14.2. The largest absolute Gasteiger partial charge is 0.481 e. The van der Waals surface area contributed by atoms with E-state index in [1.807, 2.05) is 0 Å². The quantitative estimate of drug-likeness (QED) is 0.625. The van der Waals surface area contributed by atoms with Gasteiger partial charge in [0.1, 0.15) is 5.65 Å². The van der Waals surface area contributed by atoms with Crippen LogP contribution < -0.4 is 5.32 Å². The molecule has 1 saturated carbocycles. The van der Waals surface area contributed by atoms with Crippen LogP contribution in [0.4, 0.5) is 10.2 Å². The molecule has 140 valence electrons. The van der Waals surface area contributed by atoms with Gasteiger partial charge in [0.05, 0.1) is 17.1 Å². The predicted molar refractivity (Wildman–Crippen MR) is 99.1 cm³/mol. The fraction of sp³-hybridized carbons (Fsp3) is 0.333. The molecule has 3 N–H and O–H groups in total. The van der Waals surface area contributed by atoms with E-state index < -0.39 is 17.7 Å². The molecule has 0 saturated heterocycles. The summed E-state index contributed by atoms with van der Waals surface area (Å²) < 4.78 is 14.3. The van der Waals surface area contributed by atoms with Gasteiger partial charge in [0.25, 0.3) is 0 Å². The maximum Gasteiger partial charge on any atom is 0.308 e. The topological polar surface area (TPSA) is 104 Å². The van der Waals surface area contributed by atoms with Crippen LogP contribution in [0.15, 0.2) is 24.7 Å². The Hall–Kier alpha value is -2.74. The summed E-state index contributed by atoms with van der Waals surface area (Å²) >= 11 is 6.02. The van der Waals surface area contributed by atoms with Crippen molar-refractivity contribution >= 4 is 34.4 Å². The van der Waals surface area contributed by atoms with E-state index in [9.17, 15) is 14.3 Å². The number of rotatable bonds is 4. The van der Waals surface area contributed by atoms with E-state index in [0.29, 0.717) is 34.9 Å². The number of pyridine rings is 1. The van der Waals surface area contributed by atoms with Gasteiger partial charge < -0.3 is 15.4 Å². The number of carboxylic acids is 1. The molecule has 0 spiro atoms. The van der Waals surface area contributed by atoms with E-state index in [0.717, 1.165) is 24.4 Å². The molecule has 3 heterocycles. The van der Waals surface area contributed by atoms with Crippen LogP contribution in [-0.4, -0.2) is 37.1 Å². The van der Waals surface area contributed by atoms with Crippen molar-refractivity contribution in [3.63, 3.8) is 0 Å². The number of aromatic amines is 1.